The average Bonchev–Trinajstić information content (AvgIpc) is 3.00. The van der Waals surface area contributed by atoms with Gasteiger partial charge < -0.3 is 5.32 Å². The monoisotopic (exact) mass is 372 g/mol. The largest absolute Gasteiger partial charge is 0.349 e. The maximum Gasteiger partial charge on any atom is 0.242 e. The van der Waals surface area contributed by atoms with Crippen LogP contribution in [-0.4, -0.2) is 26.4 Å². The number of hydrogen-bond acceptors (Lipinski definition) is 3. The van der Waals surface area contributed by atoms with Crippen LogP contribution >= 0.6 is 0 Å². The Labute approximate surface area is 156 Å². The lowest BCUT2D eigenvalue weighted by Crippen LogP contribution is -2.60. The molecule has 0 aliphatic heterocycles. The molecule has 5 nitrogen and oxygen atoms in total. The van der Waals surface area contributed by atoms with Crippen molar-refractivity contribution in [2.45, 2.75) is 50.6 Å². The second-order valence-electron chi connectivity index (χ2n) is 8.67. The van der Waals surface area contributed by atoms with Crippen LogP contribution in [0.3, 0.4) is 0 Å². The summed E-state index contributed by atoms with van der Waals surface area (Å²) >= 11 is 0. The van der Waals surface area contributed by atoms with Crippen molar-refractivity contribution in [2.75, 3.05) is 0 Å². The van der Waals surface area contributed by atoms with Crippen LogP contribution in [0.15, 0.2) is 24.4 Å². The molecule has 7 heteroatoms. The lowest BCUT2D eigenvalue weighted by Gasteiger charge is -2.56. The smallest absolute Gasteiger partial charge is 0.242 e. The first-order chi connectivity index (χ1) is 13.0. The molecule has 6 rings (SSSR count). The van der Waals surface area contributed by atoms with Crippen LogP contribution in [0.2, 0.25) is 0 Å². The predicted octanol–water partition coefficient (Wildman–Crippen LogP) is 3.31. The van der Waals surface area contributed by atoms with Crippen LogP contribution in [0.5, 0.6) is 0 Å². The molecule has 0 spiro atoms. The highest BCUT2D eigenvalue weighted by atomic mass is 19.1. The maximum atomic E-state index is 13.9. The number of amides is 1. The van der Waals surface area contributed by atoms with E-state index in [1.165, 1.54) is 42.3 Å². The molecule has 4 fully saturated rings. The summed E-state index contributed by atoms with van der Waals surface area (Å²) in [5.41, 5.74) is 0.414. The molecule has 4 saturated carbocycles. The Morgan fingerprint density at radius 1 is 1.15 bits per heavy atom. The quantitative estimate of drug-likeness (QED) is 0.896. The van der Waals surface area contributed by atoms with Crippen molar-refractivity contribution in [2.24, 2.45) is 17.8 Å². The number of halogens is 2. The molecule has 2 aromatic rings. The number of carbonyl (C=O) groups is 1. The Kier molecular flexibility index (Phi) is 3.81. The number of nitrogens with one attached hydrogen (secondary N) is 1. The van der Waals surface area contributed by atoms with Gasteiger partial charge in [-0.3, -0.25) is 4.79 Å². The van der Waals surface area contributed by atoms with Gasteiger partial charge in [0.05, 0.1) is 6.20 Å². The first-order valence-electron chi connectivity index (χ1n) is 9.65. The van der Waals surface area contributed by atoms with E-state index >= 15 is 0 Å². The van der Waals surface area contributed by atoms with E-state index in [0.29, 0.717) is 0 Å². The van der Waals surface area contributed by atoms with Crippen LogP contribution in [0.4, 0.5) is 8.78 Å². The van der Waals surface area contributed by atoms with Gasteiger partial charge in [-0.15, -0.1) is 5.10 Å². The third kappa shape index (κ3) is 3.13. The first-order valence-corrected chi connectivity index (χ1v) is 9.65. The number of hydrogen-bond donors (Lipinski definition) is 1. The van der Waals surface area contributed by atoms with Gasteiger partial charge >= 0.3 is 0 Å². The van der Waals surface area contributed by atoms with Crippen LogP contribution in [0.25, 0.3) is 11.3 Å². The average molecular weight is 372 g/mol. The van der Waals surface area contributed by atoms with Gasteiger partial charge in [-0.1, -0.05) is 5.21 Å². The molecule has 142 valence electrons. The van der Waals surface area contributed by atoms with E-state index in [1.54, 1.807) is 0 Å². The standard InChI is InChI=1S/C20H22F2N4O/c21-15-1-2-16(17(22)6-15)18-10-26(25-24-18)11-19(27)23-20-7-12-3-13(8-20)5-14(4-12)9-20/h1-2,6,10,12-14H,3-5,7-9,11H2,(H,23,27). The van der Waals surface area contributed by atoms with Crippen molar-refractivity contribution in [1.29, 1.82) is 0 Å². The van der Waals surface area contributed by atoms with Gasteiger partial charge in [0.25, 0.3) is 0 Å². The topological polar surface area (TPSA) is 59.8 Å². The van der Waals surface area contributed by atoms with E-state index in [-0.39, 0.29) is 29.2 Å². The summed E-state index contributed by atoms with van der Waals surface area (Å²) in [6.07, 6.45) is 8.77. The van der Waals surface area contributed by atoms with Crippen molar-refractivity contribution >= 4 is 5.91 Å². The zero-order chi connectivity index (χ0) is 18.6. The molecule has 1 heterocycles. The Morgan fingerprint density at radius 2 is 1.81 bits per heavy atom. The molecule has 4 aliphatic carbocycles. The number of carbonyl (C=O) groups excluding carboxylic acids is 1. The summed E-state index contributed by atoms with van der Waals surface area (Å²) in [5.74, 6) is 0.870. The number of benzene rings is 1. The van der Waals surface area contributed by atoms with Crippen molar-refractivity contribution in [3.63, 3.8) is 0 Å². The molecule has 27 heavy (non-hydrogen) atoms. The summed E-state index contributed by atoms with van der Waals surface area (Å²) < 4.78 is 28.4. The Bertz CT molecular complexity index is 859. The zero-order valence-electron chi connectivity index (χ0n) is 15.0. The minimum atomic E-state index is -0.694. The molecule has 1 amide bonds. The van der Waals surface area contributed by atoms with E-state index < -0.39 is 11.6 Å². The summed E-state index contributed by atoms with van der Waals surface area (Å²) in [6.45, 7) is 0.0531. The lowest BCUT2D eigenvalue weighted by atomic mass is 9.53. The zero-order valence-corrected chi connectivity index (χ0v) is 15.0. The maximum absolute atomic E-state index is 13.9. The Balaban J connectivity index is 1.27. The summed E-state index contributed by atoms with van der Waals surface area (Å²) in [7, 11) is 0. The lowest BCUT2D eigenvalue weighted by molar-refractivity contribution is -0.127. The van der Waals surface area contributed by atoms with Crippen molar-refractivity contribution in [1.82, 2.24) is 20.3 Å². The van der Waals surface area contributed by atoms with Gasteiger partial charge in [-0.2, -0.15) is 0 Å². The normalized spacial score (nSPS) is 31.3. The number of rotatable bonds is 4. The highest BCUT2D eigenvalue weighted by molar-refractivity contribution is 5.76. The molecule has 4 aliphatic rings. The molecule has 0 saturated heterocycles. The molecule has 1 N–H and O–H groups in total. The molecule has 0 atom stereocenters. The third-order valence-electron chi connectivity index (χ3n) is 6.49. The van der Waals surface area contributed by atoms with E-state index in [9.17, 15) is 13.6 Å². The minimum Gasteiger partial charge on any atom is -0.349 e. The van der Waals surface area contributed by atoms with Gasteiger partial charge in [0.2, 0.25) is 5.91 Å². The van der Waals surface area contributed by atoms with Gasteiger partial charge in [0, 0.05) is 17.2 Å². The van der Waals surface area contributed by atoms with E-state index in [2.05, 4.69) is 15.6 Å². The number of aromatic nitrogens is 3. The van der Waals surface area contributed by atoms with Gasteiger partial charge in [-0.25, -0.2) is 13.5 Å². The minimum absolute atomic E-state index is 0.0433. The van der Waals surface area contributed by atoms with Crippen LogP contribution in [0, 0.1) is 29.4 Å². The summed E-state index contributed by atoms with van der Waals surface area (Å²) in [5, 5.41) is 11.2. The van der Waals surface area contributed by atoms with E-state index in [4.69, 9.17) is 0 Å². The molecular weight excluding hydrogens is 350 g/mol. The van der Waals surface area contributed by atoms with Gasteiger partial charge in [0.1, 0.15) is 23.9 Å². The summed E-state index contributed by atoms with van der Waals surface area (Å²) in [4.78, 5) is 12.6. The SMILES string of the molecule is O=C(Cn1cc(-c2ccc(F)cc2F)nn1)NC12CC3CC(CC(C3)C1)C2. The molecule has 0 radical (unpaired) electrons. The molecular formula is C20H22F2N4O. The third-order valence-corrected chi connectivity index (χ3v) is 6.49. The fourth-order valence-electron chi connectivity index (χ4n) is 5.94. The second-order valence-corrected chi connectivity index (χ2v) is 8.67. The van der Waals surface area contributed by atoms with Crippen LogP contribution < -0.4 is 5.32 Å². The van der Waals surface area contributed by atoms with E-state index in [1.807, 2.05) is 0 Å². The highest BCUT2D eigenvalue weighted by Crippen LogP contribution is 2.55. The van der Waals surface area contributed by atoms with Gasteiger partial charge in [0.15, 0.2) is 0 Å². The van der Waals surface area contributed by atoms with Crippen LogP contribution in [-0.2, 0) is 11.3 Å². The Hall–Kier alpha value is -2.31. The van der Waals surface area contributed by atoms with E-state index in [0.717, 1.165) is 43.1 Å². The van der Waals surface area contributed by atoms with Gasteiger partial charge in [-0.05, 0) is 68.4 Å². The first kappa shape index (κ1) is 16.8. The fourth-order valence-corrected chi connectivity index (χ4v) is 5.94. The molecule has 1 aromatic carbocycles. The van der Waals surface area contributed by atoms with Crippen LogP contribution in [0.1, 0.15) is 38.5 Å². The molecule has 0 unspecified atom stereocenters. The Morgan fingerprint density at radius 3 is 2.44 bits per heavy atom. The van der Waals surface area contributed by atoms with Crippen molar-refractivity contribution in [3.8, 4) is 11.3 Å². The molecule has 1 aromatic heterocycles. The highest BCUT2D eigenvalue weighted by Gasteiger charge is 2.51. The predicted molar refractivity (Wildman–Crippen MR) is 94.4 cm³/mol. The van der Waals surface area contributed by atoms with Crippen molar-refractivity contribution < 1.29 is 13.6 Å². The fraction of sp³-hybridized carbons (Fsp3) is 0.550. The van der Waals surface area contributed by atoms with Crippen molar-refractivity contribution in [3.05, 3.63) is 36.0 Å². The number of nitrogens with zero attached hydrogens (tertiary/aromatic N) is 3. The molecule has 4 bridgehead atoms. The second kappa shape index (κ2) is 6.11. The summed E-state index contributed by atoms with van der Waals surface area (Å²) in [6, 6.07) is 3.32.